The van der Waals surface area contributed by atoms with Gasteiger partial charge in [-0.05, 0) is 24.1 Å². The molecular formula is C14H21NO3. The molecule has 0 amide bonds. The van der Waals surface area contributed by atoms with Crippen LogP contribution in [0, 0.1) is 11.1 Å². The third-order valence-corrected chi connectivity index (χ3v) is 2.57. The number of benzene rings is 1. The summed E-state index contributed by atoms with van der Waals surface area (Å²) in [6.45, 7) is 4.49. The Morgan fingerprint density at radius 3 is 2.44 bits per heavy atom. The minimum absolute atomic E-state index is 0.326. The van der Waals surface area contributed by atoms with Crippen LogP contribution in [0.2, 0.25) is 0 Å². The van der Waals surface area contributed by atoms with Crippen molar-refractivity contribution in [2.45, 2.75) is 26.8 Å². The van der Waals surface area contributed by atoms with Crippen LogP contribution in [-0.4, -0.2) is 25.2 Å². The Kier molecular flexibility index (Phi) is 5.49. The second kappa shape index (κ2) is 6.89. The van der Waals surface area contributed by atoms with Gasteiger partial charge in [0.05, 0.1) is 14.2 Å². The smallest absolute Gasteiger partial charge is 0.178 e. The molecule has 0 spiro atoms. The fraction of sp³-hybridized carbons (Fsp3) is 0.500. The fourth-order valence-corrected chi connectivity index (χ4v) is 1.55. The lowest BCUT2D eigenvalue weighted by atomic mass is 10.1. The van der Waals surface area contributed by atoms with E-state index in [2.05, 4.69) is 13.8 Å². The normalized spacial score (nSPS) is 11.7. The highest BCUT2D eigenvalue weighted by Crippen LogP contribution is 2.27. The lowest BCUT2D eigenvalue weighted by Gasteiger charge is -2.10. The van der Waals surface area contributed by atoms with Crippen molar-refractivity contribution in [1.29, 1.82) is 0 Å². The summed E-state index contributed by atoms with van der Waals surface area (Å²) in [4.78, 5) is 0. The molecule has 0 heterocycles. The number of hydroxylamine groups is 1. The van der Waals surface area contributed by atoms with Crippen molar-refractivity contribution in [2.75, 3.05) is 14.2 Å². The predicted octanol–water partition coefficient (Wildman–Crippen LogP) is 2.83. The Labute approximate surface area is 108 Å². The van der Waals surface area contributed by atoms with Gasteiger partial charge >= 0.3 is 0 Å². The molecule has 1 aromatic carbocycles. The average Bonchev–Trinajstić information content (AvgIpc) is 2.36. The van der Waals surface area contributed by atoms with E-state index in [4.69, 9.17) is 9.47 Å². The number of hydrogen-bond acceptors (Lipinski definition) is 3. The zero-order valence-corrected chi connectivity index (χ0v) is 11.5. The first-order chi connectivity index (χ1) is 8.56. The molecule has 4 heteroatoms. The fourth-order valence-electron chi connectivity index (χ4n) is 1.55. The summed E-state index contributed by atoms with van der Waals surface area (Å²) in [6.07, 6.45) is 2.47. The van der Waals surface area contributed by atoms with E-state index in [1.807, 2.05) is 18.2 Å². The molecule has 0 bridgehead atoms. The molecular weight excluding hydrogens is 230 g/mol. The maximum Gasteiger partial charge on any atom is 0.178 e. The Morgan fingerprint density at radius 2 is 1.89 bits per heavy atom. The molecule has 0 radical (unpaired) electrons. The van der Waals surface area contributed by atoms with E-state index >= 15 is 0 Å². The van der Waals surface area contributed by atoms with E-state index in [1.54, 1.807) is 20.4 Å². The molecule has 0 aliphatic rings. The molecule has 1 rings (SSSR count). The van der Waals surface area contributed by atoms with Gasteiger partial charge in [-0.25, -0.2) is 4.74 Å². The van der Waals surface area contributed by atoms with Crippen LogP contribution in [0.1, 0.15) is 25.8 Å². The standard InChI is InChI=1S/C14H21NO3/c1-11(2)7-8-15(16)10-12-5-6-13(17-3)14(9-12)18-4/h5-6,8-9,11H,7,10H2,1-4H3/b15-8-. The lowest BCUT2D eigenvalue weighted by molar-refractivity contribution is -0.471. The summed E-state index contributed by atoms with van der Waals surface area (Å²) in [5.74, 6) is 1.81. The van der Waals surface area contributed by atoms with Gasteiger partial charge in [-0.2, -0.15) is 0 Å². The van der Waals surface area contributed by atoms with Crippen LogP contribution < -0.4 is 9.47 Å². The average molecular weight is 251 g/mol. The van der Waals surface area contributed by atoms with Gasteiger partial charge in [0.1, 0.15) is 0 Å². The summed E-state index contributed by atoms with van der Waals surface area (Å²) in [5, 5.41) is 11.7. The SMILES string of the molecule is COc1ccc(C/[N+]([O-])=C/CC(C)C)cc1OC. The molecule has 0 N–H and O–H groups in total. The minimum Gasteiger partial charge on any atom is -0.624 e. The van der Waals surface area contributed by atoms with Gasteiger partial charge in [0.15, 0.2) is 24.3 Å². The maximum absolute atomic E-state index is 11.7. The highest BCUT2D eigenvalue weighted by Gasteiger charge is 2.06. The maximum atomic E-state index is 11.7. The second-order valence-corrected chi connectivity index (χ2v) is 4.58. The summed E-state index contributed by atoms with van der Waals surface area (Å²) < 4.78 is 11.3. The molecule has 0 aliphatic carbocycles. The lowest BCUT2D eigenvalue weighted by Crippen LogP contribution is -2.06. The van der Waals surface area contributed by atoms with Crippen molar-refractivity contribution in [3.8, 4) is 11.5 Å². The van der Waals surface area contributed by atoms with Gasteiger partial charge < -0.3 is 14.7 Å². The number of hydrogen-bond donors (Lipinski definition) is 0. The molecule has 0 aromatic heterocycles. The monoisotopic (exact) mass is 251 g/mol. The summed E-state index contributed by atoms with van der Waals surface area (Å²) in [7, 11) is 3.18. The molecule has 1 aromatic rings. The van der Waals surface area contributed by atoms with Crippen molar-refractivity contribution in [3.63, 3.8) is 0 Å². The largest absolute Gasteiger partial charge is 0.624 e. The van der Waals surface area contributed by atoms with Crippen LogP contribution in [0.25, 0.3) is 0 Å². The van der Waals surface area contributed by atoms with E-state index in [-0.39, 0.29) is 0 Å². The third-order valence-electron chi connectivity index (χ3n) is 2.57. The minimum atomic E-state index is 0.326. The Balaban J connectivity index is 2.76. The zero-order valence-electron chi connectivity index (χ0n) is 11.5. The molecule has 0 fully saturated rings. The topological polar surface area (TPSA) is 44.5 Å². The van der Waals surface area contributed by atoms with Crippen LogP contribution in [0.15, 0.2) is 18.2 Å². The van der Waals surface area contributed by atoms with Crippen molar-refractivity contribution in [2.24, 2.45) is 5.92 Å². The van der Waals surface area contributed by atoms with E-state index in [1.165, 1.54) is 0 Å². The molecule has 0 saturated carbocycles. The molecule has 4 nitrogen and oxygen atoms in total. The summed E-state index contributed by atoms with van der Waals surface area (Å²) >= 11 is 0. The zero-order chi connectivity index (χ0) is 13.5. The van der Waals surface area contributed by atoms with Crippen LogP contribution in [0.5, 0.6) is 11.5 Å². The van der Waals surface area contributed by atoms with Crippen LogP contribution in [0.4, 0.5) is 0 Å². The molecule has 100 valence electrons. The van der Waals surface area contributed by atoms with Gasteiger partial charge in [-0.15, -0.1) is 0 Å². The third kappa shape index (κ3) is 4.28. The first kappa shape index (κ1) is 14.4. The first-order valence-corrected chi connectivity index (χ1v) is 6.04. The number of nitrogens with zero attached hydrogens (tertiary/aromatic N) is 1. The van der Waals surface area contributed by atoms with Gasteiger partial charge in [0.25, 0.3) is 0 Å². The second-order valence-electron chi connectivity index (χ2n) is 4.58. The predicted molar refractivity (Wildman–Crippen MR) is 72.4 cm³/mol. The quantitative estimate of drug-likeness (QED) is 0.338. The van der Waals surface area contributed by atoms with Crippen LogP contribution >= 0.6 is 0 Å². The van der Waals surface area contributed by atoms with Crippen molar-refractivity contribution < 1.29 is 14.2 Å². The Hall–Kier alpha value is -1.71. The molecule has 18 heavy (non-hydrogen) atoms. The van der Waals surface area contributed by atoms with Crippen LogP contribution in [0.3, 0.4) is 0 Å². The molecule has 0 saturated heterocycles. The van der Waals surface area contributed by atoms with Crippen molar-refractivity contribution in [1.82, 2.24) is 0 Å². The van der Waals surface area contributed by atoms with Gasteiger partial charge in [0, 0.05) is 12.0 Å². The Bertz CT molecular complexity index is 414. The molecule has 0 aliphatic heterocycles. The molecule has 0 atom stereocenters. The summed E-state index contributed by atoms with van der Waals surface area (Å²) in [5.41, 5.74) is 0.905. The van der Waals surface area contributed by atoms with E-state index in [0.717, 1.165) is 16.7 Å². The highest BCUT2D eigenvalue weighted by molar-refractivity contribution is 5.51. The summed E-state index contributed by atoms with van der Waals surface area (Å²) in [6, 6.07) is 5.51. The number of rotatable bonds is 6. The molecule has 0 unspecified atom stereocenters. The number of methoxy groups -OCH3 is 2. The van der Waals surface area contributed by atoms with Gasteiger partial charge in [0.2, 0.25) is 0 Å². The van der Waals surface area contributed by atoms with E-state index < -0.39 is 0 Å². The van der Waals surface area contributed by atoms with Crippen molar-refractivity contribution in [3.05, 3.63) is 29.0 Å². The van der Waals surface area contributed by atoms with E-state index in [9.17, 15) is 5.21 Å². The number of ether oxygens (including phenoxy) is 2. The Morgan fingerprint density at radius 1 is 1.22 bits per heavy atom. The van der Waals surface area contributed by atoms with Crippen LogP contribution in [-0.2, 0) is 6.54 Å². The van der Waals surface area contributed by atoms with Crippen molar-refractivity contribution >= 4 is 6.21 Å². The van der Waals surface area contributed by atoms with E-state index in [0.29, 0.717) is 24.0 Å². The first-order valence-electron chi connectivity index (χ1n) is 6.04. The van der Waals surface area contributed by atoms with Gasteiger partial charge in [-0.1, -0.05) is 13.8 Å². The van der Waals surface area contributed by atoms with Gasteiger partial charge in [-0.3, -0.25) is 0 Å². The highest BCUT2D eigenvalue weighted by atomic mass is 16.5.